The monoisotopic (exact) mass is 219 g/mol. The molecule has 90 valence electrons. The predicted molar refractivity (Wildman–Crippen MR) is 71.8 cm³/mol. The summed E-state index contributed by atoms with van der Waals surface area (Å²) in [4.78, 5) is 0. The predicted octanol–water partition coefficient (Wildman–Crippen LogP) is 3.56. The molecular formula is C15H25N. The first-order valence-electron chi connectivity index (χ1n) is 6.48. The van der Waals surface area contributed by atoms with Crippen LogP contribution in [0.2, 0.25) is 0 Å². The van der Waals surface area contributed by atoms with Crippen LogP contribution in [0.15, 0.2) is 24.3 Å². The van der Waals surface area contributed by atoms with Gasteiger partial charge in [-0.2, -0.15) is 0 Å². The first kappa shape index (κ1) is 13.2. The van der Waals surface area contributed by atoms with Gasteiger partial charge < -0.3 is 5.32 Å². The summed E-state index contributed by atoms with van der Waals surface area (Å²) >= 11 is 0. The van der Waals surface area contributed by atoms with Crippen LogP contribution in [0.1, 0.15) is 37.8 Å². The average Bonchev–Trinajstić information content (AvgIpc) is 2.28. The van der Waals surface area contributed by atoms with E-state index in [2.05, 4.69) is 50.4 Å². The zero-order valence-corrected chi connectivity index (χ0v) is 10.9. The van der Waals surface area contributed by atoms with E-state index in [1.807, 2.05) is 0 Å². The Balaban J connectivity index is 2.23. The minimum atomic E-state index is 0.770. The van der Waals surface area contributed by atoms with Crippen LogP contribution in [0.4, 0.5) is 0 Å². The molecule has 1 atom stereocenters. The van der Waals surface area contributed by atoms with Crippen molar-refractivity contribution in [3.8, 4) is 0 Å². The molecule has 0 aromatic heterocycles. The normalized spacial score (nSPS) is 12.7. The molecule has 0 amide bonds. The van der Waals surface area contributed by atoms with E-state index in [1.54, 1.807) is 0 Å². The van der Waals surface area contributed by atoms with Crippen molar-refractivity contribution in [3.05, 3.63) is 35.4 Å². The number of rotatable bonds is 7. The van der Waals surface area contributed by atoms with Gasteiger partial charge in [-0.05, 0) is 50.8 Å². The van der Waals surface area contributed by atoms with E-state index in [-0.39, 0.29) is 0 Å². The van der Waals surface area contributed by atoms with Crippen molar-refractivity contribution < 1.29 is 0 Å². The quantitative estimate of drug-likeness (QED) is 0.691. The zero-order chi connectivity index (χ0) is 11.8. The standard InChI is InChI=1S/C15H25N/c1-4-10-16-11-9-14(3)12-15-7-5-13(2)6-8-15/h5-8,14,16H,4,9-12H2,1-3H3. The summed E-state index contributed by atoms with van der Waals surface area (Å²) in [7, 11) is 0. The topological polar surface area (TPSA) is 12.0 Å². The third kappa shape index (κ3) is 5.32. The van der Waals surface area contributed by atoms with Gasteiger partial charge >= 0.3 is 0 Å². The first-order chi connectivity index (χ1) is 7.72. The van der Waals surface area contributed by atoms with Crippen LogP contribution in [0, 0.1) is 12.8 Å². The average molecular weight is 219 g/mol. The van der Waals surface area contributed by atoms with Crippen molar-refractivity contribution in [2.24, 2.45) is 5.92 Å². The molecule has 0 radical (unpaired) electrons. The van der Waals surface area contributed by atoms with Crippen molar-refractivity contribution >= 4 is 0 Å². The number of benzene rings is 1. The highest BCUT2D eigenvalue weighted by atomic mass is 14.8. The van der Waals surface area contributed by atoms with E-state index in [9.17, 15) is 0 Å². The van der Waals surface area contributed by atoms with E-state index in [0.29, 0.717) is 0 Å². The Hall–Kier alpha value is -0.820. The second kappa shape index (κ2) is 7.45. The molecule has 0 aliphatic carbocycles. The molecule has 16 heavy (non-hydrogen) atoms. The summed E-state index contributed by atoms with van der Waals surface area (Å²) in [5.74, 6) is 0.770. The van der Waals surface area contributed by atoms with Gasteiger partial charge in [-0.15, -0.1) is 0 Å². The Kier molecular flexibility index (Phi) is 6.17. The number of hydrogen-bond donors (Lipinski definition) is 1. The van der Waals surface area contributed by atoms with Crippen molar-refractivity contribution in [2.75, 3.05) is 13.1 Å². The van der Waals surface area contributed by atoms with E-state index in [0.717, 1.165) is 19.0 Å². The summed E-state index contributed by atoms with van der Waals surface area (Å²) in [6.45, 7) is 9.00. The summed E-state index contributed by atoms with van der Waals surface area (Å²) in [5, 5.41) is 3.46. The van der Waals surface area contributed by atoms with Crippen LogP contribution < -0.4 is 5.32 Å². The van der Waals surface area contributed by atoms with Crippen LogP contribution in [-0.2, 0) is 6.42 Å². The largest absolute Gasteiger partial charge is 0.317 e. The van der Waals surface area contributed by atoms with Crippen LogP contribution in [0.3, 0.4) is 0 Å². The van der Waals surface area contributed by atoms with Crippen LogP contribution >= 0.6 is 0 Å². The van der Waals surface area contributed by atoms with Gasteiger partial charge in [0.2, 0.25) is 0 Å². The Morgan fingerprint density at radius 2 is 1.81 bits per heavy atom. The minimum Gasteiger partial charge on any atom is -0.317 e. The van der Waals surface area contributed by atoms with Crippen LogP contribution in [-0.4, -0.2) is 13.1 Å². The molecule has 0 bridgehead atoms. The van der Waals surface area contributed by atoms with Crippen molar-refractivity contribution in [1.82, 2.24) is 5.32 Å². The smallest absolute Gasteiger partial charge is 0.00463 e. The lowest BCUT2D eigenvalue weighted by Gasteiger charge is -2.12. The molecule has 0 heterocycles. The highest BCUT2D eigenvalue weighted by molar-refractivity contribution is 5.21. The van der Waals surface area contributed by atoms with Crippen molar-refractivity contribution in [3.63, 3.8) is 0 Å². The lowest BCUT2D eigenvalue weighted by Crippen LogP contribution is -2.18. The SMILES string of the molecule is CCCNCCC(C)Cc1ccc(C)cc1. The lowest BCUT2D eigenvalue weighted by atomic mass is 9.97. The fourth-order valence-electron chi connectivity index (χ4n) is 1.88. The van der Waals surface area contributed by atoms with E-state index < -0.39 is 0 Å². The number of aryl methyl sites for hydroxylation is 1. The minimum absolute atomic E-state index is 0.770. The highest BCUT2D eigenvalue weighted by Crippen LogP contribution is 2.12. The molecule has 0 fully saturated rings. The molecular weight excluding hydrogens is 194 g/mol. The molecule has 0 aliphatic heterocycles. The fourth-order valence-corrected chi connectivity index (χ4v) is 1.88. The molecule has 1 heteroatoms. The molecule has 0 saturated carbocycles. The summed E-state index contributed by atoms with van der Waals surface area (Å²) in [6.07, 6.45) is 3.70. The fraction of sp³-hybridized carbons (Fsp3) is 0.600. The summed E-state index contributed by atoms with van der Waals surface area (Å²) in [6, 6.07) is 8.92. The van der Waals surface area contributed by atoms with Gasteiger partial charge in [0, 0.05) is 0 Å². The maximum atomic E-state index is 3.46. The van der Waals surface area contributed by atoms with Gasteiger partial charge in [0.1, 0.15) is 0 Å². The summed E-state index contributed by atoms with van der Waals surface area (Å²) < 4.78 is 0. The van der Waals surface area contributed by atoms with E-state index in [4.69, 9.17) is 0 Å². The molecule has 1 aromatic rings. The van der Waals surface area contributed by atoms with Crippen molar-refractivity contribution in [2.45, 2.75) is 40.0 Å². The van der Waals surface area contributed by atoms with Gasteiger partial charge in [-0.1, -0.05) is 43.7 Å². The maximum absolute atomic E-state index is 3.46. The van der Waals surface area contributed by atoms with E-state index >= 15 is 0 Å². The second-order valence-corrected chi connectivity index (χ2v) is 4.83. The molecule has 1 rings (SSSR count). The van der Waals surface area contributed by atoms with Crippen molar-refractivity contribution in [1.29, 1.82) is 0 Å². The van der Waals surface area contributed by atoms with E-state index in [1.165, 1.54) is 30.4 Å². The van der Waals surface area contributed by atoms with Gasteiger partial charge in [0.15, 0.2) is 0 Å². The Bertz CT molecular complexity index is 276. The number of hydrogen-bond acceptors (Lipinski definition) is 1. The maximum Gasteiger partial charge on any atom is -0.00463 e. The first-order valence-corrected chi connectivity index (χ1v) is 6.48. The van der Waals surface area contributed by atoms with Gasteiger partial charge in [-0.3, -0.25) is 0 Å². The third-order valence-corrected chi connectivity index (χ3v) is 2.95. The molecule has 1 aromatic carbocycles. The molecule has 1 nitrogen and oxygen atoms in total. The Labute approximate surface area is 100 Å². The van der Waals surface area contributed by atoms with Gasteiger partial charge in [-0.25, -0.2) is 0 Å². The highest BCUT2D eigenvalue weighted by Gasteiger charge is 2.03. The van der Waals surface area contributed by atoms with Gasteiger partial charge in [0.05, 0.1) is 0 Å². The second-order valence-electron chi connectivity index (χ2n) is 4.83. The zero-order valence-electron chi connectivity index (χ0n) is 10.9. The molecule has 1 N–H and O–H groups in total. The molecule has 0 aliphatic rings. The Morgan fingerprint density at radius 1 is 1.12 bits per heavy atom. The molecule has 0 spiro atoms. The molecule has 0 saturated heterocycles. The lowest BCUT2D eigenvalue weighted by molar-refractivity contribution is 0.498. The van der Waals surface area contributed by atoms with Crippen LogP contribution in [0.25, 0.3) is 0 Å². The Morgan fingerprint density at radius 3 is 2.44 bits per heavy atom. The third-order valence-electron chi connectivity index (χ3n) is 2.95. The van der Waals surface area contributed by atoms with Gasteiger partial charge in [0.25, 0.3) is 0 Å². The number of nitrogens with one attached hydrogen (secondary N) is 1. The summed E-state index contributed by atoms with van der Waals surface area (Å²) in [5.41, 5.74) is 2.81. The molecule has 1 unspecified atom stereocenters. The van der Waals surface area contributed by atoms with Crippen LogP contribution in [0.5, 0.6) is 0 Å².